The van der Waals surface area contributed by atoms with E-state index in [-0.39, 0.29) is 12.5 Å². The number of rotatable bonds is 7. The average Bonchev–Trinajstić information content (AvgIpc) is 2.54. The first kappa shape index (κ1) is 17.7. The van der Waals surface area contributed by atoms with Gasteiger partial charge in [-0.1, -0.05) is 23.9 Å². The van der Waals surface area contributed by atoms with Crippen LogP contribution in [0.1, 0.15) is 10.4 Å². The van der Waals surface area contributed by atoms with E-state index in [1.807, 2.05) is 0 Å². The van der Waals surface area contributed by atoms with Crippen molar-refractivity contribution in [2.75, 3.05) is 17.2 Å². The number of para-hydroxylation sites is 1. The lowest BCUT2D eigenvalue weighted by Crippen LogP contribution is -2.22. The van der Waals surface area contributed by atoms with E-state index in [0.29, 0.717) is 33.6 Å². The molecule has 0 heterocycles. The first-order chi connectivity index (χ1) is 11.5. The third kappa shape index (κ3) is 5.24. The molecule has 5 nitrogen and oxygen atoms in total. The highest BCUT2D eigenvalue weighted by molar-refractivity contribution is 7.99. The minimum atomic E-state index is -2.54. The van der Waals surface area contributed by atoms with E-state index in [1.54, 1.807) is 36.4 Å². The molecule has 0 radical (unpaired) electrons. The summed E-state index contributed by atoms with van der Waals surface area (Å²) in [7, 11) is 0. The maximum Gasteiger partial charge on any atom is 0.288 e. The van der Waals surface area contributed by atoms with Crippen LogP contribution in [0.2, 0.25) is 0 Å². The van der Waals surface area contributed by atoms with Crippen LogP contribution < -0.4 is 16.4 Å². The number of alkyl halides is 2. The largest absolute Gasteiger partial charge is 0.375 e. The first-order valence-electron chi connectivity index (χ1n) is 6.93. The zero-order valence-electron chi connectivity index (χ0n) is 12.5. The highest BCUT2D eigenvalue weighted by atomic mass is 32.2. The summed E-state index contributed by atoms with van der Waals surface area (Å²) in [5, 5.41) is 5.46. The van der Waals surface area contributed by atoms with Crippen LogP contribution in [0.25, 0.3) is 0 Å². The Hall–Kier alpha value is -2.61. The van der Waals surface area contributed by atoms with Crippen molar-refractivity contribution in [1.29, 1.82) is 0 Å². The number of nitrogens with one attached hydrogen (secondary N) is 2. The van der Waals surface area contributed by atoms with Crippen LogP contribution >= 0.6 is 11.8 Å². The van der Waals surface area contributed by atoms with Crippen molar-refractivity contribution in [3.8, 4) is 0 Å². The molecule has 0 aliphatic heterocycles. The Morgan fingerprint density at radius 3 is 2.38 bits per heavy atom. The van der Waals surface area contributed by atoms with Crippen molar-refractivity contribution in [3.63, 3.8) is 0 Å². The molecule has 2 rings (SSSR count). The van der Waals surface area contributed by atoms with E-state index in [0.717, 1.165) is 0 Å². The van der Waals surface area contributed by atoms with Gasteiger partial charge >= 0.3 is 0 Å². The van der Waals surface area contributed by atoms with Gasteiger partial charge in [-0.2, -0.15) is 8.78 Å². The van der Waals surface area contributed by atoms with Gasteiger partial charge in [-0.3, -0.25) is 9.59 Å². The lowest BCUT2D eigenvalue weighted by Gasteiger charge is -2.11. The molecular weight excluding hydrogens is 336 g/mol. The molecule has 4 N–H and O–H groups in total. The van der Waals surface area contributed by atoms with Gasteiger partial charge in [0.1, 0.15) is 0 Å². The second kappa shape index (κ2) is 8.30. The molecule has 2 aromatic carbocycles. The molecule has 0 aliphatic rings. The number of carbonyl (C=O) groups excluding carboxylic acids is 2. The molecule has 0 fully saturated rings. The normalized spacial score (nSPS) is 10.5. The molecule has 0 saturated heterocycles. The molecule has 0 atom stereocenters. The van der Waals surface area contributed by atoms with Crippen LogP contribution in [0, 0.1) is 0 Å². The molecule has 126 valence electrons. The van der Waals surface area contributed by atoms with E-state index in [2.05, 4.69) is 10.6 Å². The van der Waals surface area contributed by atoms with Crippen LogP contribution in [0.5, 0.6) is 0 Å². The number of halogens is 2. The summed E-state index contributed by atoms with van der Waals surface area (Å²) < 4.78 is 25.0. The minimum Gasteiger partial charge on any atom is -0.375 e. The number of thioether (sulfide) groups is 1. The number of benzene rings is 2. The van der Waals surface area contributed by atoms with Gasteiger partial charge in [0.2, 0.25) is 11.8 Å². The molecule has 0 bridgehead atoms. The van der Waals surface area contributed by atoms with Crippen LogP contribution in [0.3, 0.4) is 0 Å². The fraction of sp³-hybridized carbons (Fsp3) is 0.125. The van der Waals surface area contributed by atoms with Crippen LogP contribution in [0.15, 0.2) is 53.4 Å². The summed E-state index contributed by atoms with van der Waals surface area (Å²) in [6, 6.07) is 12.6. The van der Waals surface area contributed by atoms with Gasteiger partial charge in [0.15, 0.2) is 0 Å². The Bertz CT molecular complexity index is 724. The third-order valence-corrected chi connectivity index (χ3v) is 3.78. The fourth-order valence-electron chi connectivity index (χ4n) is 1.91. The van der Waals surface area contributed by atoms with E-state index in [9.17, 15) is 18.4 Å². The molecule has 0 saturated carbocycles. The third-order valence-electron chi connectivity index (χ3n) is 3.00. The van der Waals surface area contributed by atoms with E-state index < -0.39 is 11.7 Å². The summed E-state index contributed by atoms with van der Waals surface area (Å²) in [5.74, 6) is -3.44. The Morgan fingerprint density at radius 2 is 1.75 bits per heavy atom. The first-order valence-corrected chi connectivity index (χ1v) is 7.81. The lowest BCUT2D eigenvalue weighted by atomic mass is 10.2. The number of anilines is 2. The smallest absolute Gasteiger partial charge is 0.288 e. The fourth-order valence-corrected chi connectivity index (χ4v) is 2.53. The number of nitrogens with two attached hydrogens (primary N) is 1. The maximum atomic E-state index is 12.5. The van der Waals surface area contributed by atoms with E-state index >= 15 is 0 Å². The standard InChI is InChI=1S/C16H15F2N3O2S/c17-16(18)24-13-4-2-1-3-12(13)20-9-14(22)21-11-7-5-10(6-8-11)15(19)23/h1-8,16,20H,9H2,(H2,19,23)(H,21,22). The number of amides is 2. The summed E-state index contributed by atoms with van der Waals surface area (Å²) in [4.78, 5) is 23.3. The second-order valence-corrected chi connectivity index (χ2v) is 5.75. The predicted octanol–water partition coefficient (Wildman–Crippen LogP) is 3.15. The quantitative estimate of drug-likeness (QED) is 0.669. The van der Waals surface area contributed by atoms with Gasteiger partial charge < -0.3 is 16.4 Å². The molecule has 0 spiro atoms. The number of hydrogen-bond donors (Lipinski definition) is 3. The molecule has 0 aliphatic carbocycles. The molecule has 0 unspecified atom stereocenters. The number of hydrogen-bond acceptors (Lipinski definition) is 4. The molecule has 2 amide bonds. The summed E-state index contributed by atoms with van der Waals surface area (Å²) in [6.45, 7) is -0.0849. The van der Waals surface area contributed by atoms with E-state index in [4.69, 9.17) is 5.73 Å². The zero-order valence-corrected chi connectivity index (χ0v) is 13.3. The lowest BCUT2D eigenvalue weighted by molar-refractivity contribution is -0.114. The highest BCUT2D eigenvalue weighted by Gasteiger charge is 2.10. The monoisotopic (exact) mass is 351 g/mol. The van der Waals surface area contributed by atoms with Gasteiger partial charge in [0, 0.05) is 21.8 Å². The van der Waals surface area contributed by atoms with E-state index in [1.165, 1.54) is 12.1 Å². The molecule has 0 aromatic heterocycles. The number of carbonyl (C=O) groups is 2. The van der Waals surface area contributed by atoms with Gasteiger partial charge in [0.25, 0.3) is 5.76 Å². The number of primary amides is 1. The van der Waals surface area contributed by atoms with Gasteiger partial charge in [-0.25, -0.2) is 0 Å². The van der Waals surface area contributed by atoms with Crippen LogP contribution in [0.4, 0.5) is 20.2 Å². The summed E-state index contributed by atoms with van der Waals surface area (Å²) in [6.07, 6.45) is 0. The Balaban J connectivity index is 1.92. The topological polar surface area (TPSA) is 84.2 Å². The van der Waals surface area contributed by atoms with Crippen molar-refractivity contribution < 1.29 is 18.4 Å². The van der Waals surface area contributed by atoms with Gasteiger partial charge in [-0.15, -0.1) is 0 Å². The minimum absolute atomic E-state index is 0.0849. The van der Waals surface area contributed by atoms with Crippen LogP contribution in [-0.2, 0) is 4.79 Å². The van der Waals surface area contributed by atoms with Crippen molar-refractivity contribution in [2.45, 2.75) is 10.7 Å². The SMILES string of the molecule is NC(=O)c1ccc(NC(=O)CNc2ccccc2SC(F)F)cc1. The zero-order chi connectivity index (χ0) is 17.5. The Labute approximate surface area is 141 Å². The molecule has 24 heavy (non-hydrogen) atoms. The van der Waals surface area contributed by atoms with Crippen LogP contribution in [-0.4, -0.2) is 24.1 Å². The van der Waals surface area contributed by atoms with Crippen molar-refractivity contribution in [2.24, 2.45) is 5.73 Å². The second-order valence-electron chi connectivity index (χ2n) is 4.72. The summed E-state index contributed by atoms with van der Waals surface area (Å²) >= 11 is 0.414. The van der Waals surface area contributed by atoms with Gasteiger partial charge in [-0.05, 0) is 36.4 Å². The maximum absolute atomic E-state index is 12.5. The van der Waals surface area contributed by atoms with Crippen molar-refractivity contribution in [3.05, 3.63) is 54.1 Å². The molecule has 8 heteroatoms. The molecule has 2 aromatic rings. The Kier molecular flexibility index (Phi) is 6.14. The van der Waals surface area contributed by atoms with Crippen molar-refractivity contribution in [1.82, 2.24) is 0 Å². The Morgan fingerprint density at radius 1 is 1.08 bits per heavy atom. The predicted molar refractivity (Wildman–Crippen MR) is 90.4 cm³/mol. The summed E-state index contributed by atoms with van der Waals surface area (Å²) in [5.41, 5.74) is 6.43. The highest BCUT2D eigenvalue weighted by Crippen LogP contribution is 2.31. The average molecular weight is 351 g/mol. The van der Waals surface area contributed by atoms with Crippen molar-refractivity contribution >= 4 is 35.0 Å². The van der Waals surface area contributed by atoms with Gasteiger partial charge in [0.05, 0.1) is 6.54 Å². The molecular formula is C16H15F2N3O2S.